The largest absolute Gasteiger partial charge is 0.465 e. The minimum Gasteiger partial charge on any atom is -0.465 e. The van der Waals surface area contributed by atoms with Gasteiger partial charge in [-0.2, -0.15) is 0 Å². The standard InChI is InChI=1S/C19H15ClF2N2O3/c1-10-17(18(27-23-10)14-8-7-12(21)9-16(14)22)24(19(25)26)11(2)13-5-3-4-6-15(13)20/h3-9,11H,1-2H3,(H,25,26). The number of halogens is 3. The molecule has 0 bridgehead atoms. The van der Waals surface area contributed by atoms with Gasteiger partial charge in [-0.1, -0.05) is 35.0 Å². The Kier molecular flexibility index (Phi) is 5.14. The lowest BCUT2D eigenvalue weighted by molar-refractivity contribution is 0.199. The zero-order valence-electron chi connectivity index (χ0n) is 14.4. The number of nitrogens with zero attached hydrogens (tertiary/aromatic N) is 2. The van der Waals surface area contributed by atoms with Crippen molar-refractivity contribution in [1.82, 2.24) is 5.16 Å². The van der Waals surface area contributed by atoms with E-state index in [1.54, 1.807) is 38.1 Å². The van der Waals surface area contributed by atoms with E-state index in [1.807, 2.05) is 0 Å². The van der Waals surface area contributed by atoms with Crippen molar-refractivity contribution in [1.29, 1.82) is 0 Å². The van der Waals surface area contributed by atoms with Crippen molar-refractivity contribution in [2.75, 3.05) is 4.90 Å². The van der Waals surface area contributed by atoms with E-state index in [1.165, 1.54) is 6.07 Å². The SMILES string of the molecule is Cc1noc(-c2ccc(F)cc2F)c1N(C(=O)O)C(C)c1ccccc1Cl. The quantitative estimate of drug-likeness (QED) is 0.606. The van der Waals surface area contributed by atoms with Crippen LogP contribution < -0.4 is 4.90 Å². The molecule has 1 unspecified atom stereocenters. The van der Waals surface area contributed by atoms with E-state index in [2.05, 4.69) is 5.16 Å². The average molecular weight is 393 g/mol. The second-order valence-electron chi connectivity index (χ2n) is 5.92. The molecular formula is C19H15ClF2N2O3. The molecule has 1 heterocycles. The molecule has 0 aliphatic rings. The molecule has 0 aliphatic heterocycles. The van der Waals surface area contributed by atoms with Crippen molar-refractivity contribution in [2.24, 2.45) is 0 Å². The number of amides is 1. The van der Waals surface area contributed by atoms with Gasteiger partial charge in [-0.25, -0.2) is 13.6 Å². The molecule has 0 aliphatic carbocycles. The molecule has 2 aromatic carbocycles. The number of hydrogen-bond donors (Lipinski definition) is 1. The van der Waals surface area contributed by atoms with Crippen molar-refractivity contribution in [2.45, 2.75) is 19.9 Å². The predicted octanol–water partition coefficient (Wildman–Crippen LogP) is 5.83. The van der Waals surface area contributed by atoms with Crippen LogP contribution in [0.5, 0.6) is 0 Å². The third kappa shape index (κ3) is 3.50. The lowest BCUT2D eigenvalue weighted by Crippen LogP contribution is -2.33. The fraction of sp³-hybridized carbons (Fsp3) is 0.158. The summed E-state index contributed by atoms with van der Waals surface area (Å²) in [5.74, 6) is -1.75. The maximum atomic E-state index is 14.3. The Balaban J connectivity index is 2.17. The number of carboxylic acid groups (broad SMARTS) is 1. The van der Waals surface area contributed by atoms with Gasteiger partial charge in [0, 0.05) is 11.1 Å². The predicted molar refractivity (Wildman–Crippen MR) is 97.0 cm³/mol. The van der Waals surface area contributed by atoms with Gasteiger partial charge < -0.3 is 9.63 Å². The summed E-state index contributed by atoms with van der Waals surface area (Å²) in [4.78, 5) is 13.1. The molecule has 3 rings (SSSR count). The smallest absolute Gasteiger partial charge is 0.412 e. The number of aryl methyl sites for hydroxylation is 1. The van der Waals surface area contributed by atoms with Crippen LogP contribution in [0.2, 0.25) is 5.02 Å². The molecule has 0 spiro atoms. The average Bonchev–Trinajstić information content (AvgIpc) is 2.96. The normalized spacial score (nSPS) is 12.0. The molecule has 0 saturated carbocycles. The number of aromatic nitrogens is 1. The number of carbonyl (C=O) groups is 1. The molecule has 8 heteroatoms. The Bertz CT molecular complexity index is 1010. The molecule has 1 N–H and O–H groups in total. The van der Waals surface area contributed by atoms with Crippen LogP contribution in [0.3, 0.4) is 0 Å². The first kappa shape index (κ1) is 18.8. The summed E-state index contributed by atoms with van der Waals surface area (Å²) in [5, 5.41) is 14.0. The number of anilines is 1. The highest BCUT2D eigenvalue weighted by molar-refractivity contribution is 6.31. The van der Waals surface area contributed by atoms with Gasteiger partial charge in [0.15, 0.2) is 5.76 Å². The van der Waals surface area contributed by atoms with Gasteiger partial charge in [-0.15, -0.1) is 0 Å². The van der Waals surface area contributed by atoms with E-state index < -0.39 is 23.8 Å². The Labute approximate surface area is 158 Å². The molecule has 1 atom stereocenters. The summed E-state index contributed by atoms with van der Waals surface area (Å²) in [7, 11) is 0. The van der Waals surface area contributed by atoms with Crippen LogP contribution in [0.1, 0.15) is 24.2 Å². The fourth-order valence-electron chi connectivity index (χ4n) is 2.91. The Morgan fingerprint density at radius 2 is 1.96 bits per heavy atom. The summed E-state index contributed by atoms with van der Waals surface area (Å²) < 4.78 is 32.7. The molecule has 140 valence electrons. The van der Waals surface area contributed by atoms with Crippen LogP contribution in [0.4, 0.5) is 19.3 Å². The molecule has 0 fully saturated rings. The number of benzene rings is 2. The third-order valence-electron chi connectivity index (χ3n) is 4.20. The van der Waals surface area contributed by atoms with Crippen molar-refractivity contribution in [3.05, 3.63) is 70.4 Å². The van der Waals surface area contributed by atoms with Crippen LogP contribution >= 0.6 is 11.6 Å². The lowest BCUT2D eigenvalue weighted by Gasteiger charge is -2.27. The molecule has 1 aromatic heterocycles. The Hall–Kier alpha value is -2.93. The summed E-state index contributed by atoms with van der Waals surface area (Å²) in [5.41, 5.74) is 0.785. The Morgan fingerprint density at radius 3 is 2.59 bits per heavy atom. The Morgan fingerprint density at radius 1 is 1.26 bits per heavy atom. The highest BCUT2D eigenvalue weighted by Crippen LogP contribution is 2.40. The van der Waals surface area contributed by atoms with E-state index in [0.717, 1.165) is 11.0 Å². The maximum Gasteiger partial charge on any atom is 0.412 e. The minimum absolute atomic E-state index is 0.0698. The van der Waals surface area contributed by atoms with E-state index in [4.69, 9.17) is 16.1 Å². The molecule has 27 heavy (non-hydrogen) atoms. The first-order valence-electron chi connectivity index (χ1n) is 7.99. The highest BCUT2D eigenvalue weighted by Gasteiger charge is 2.32. The van der Waals surface area contributed by atoms with Gasteiger partial charge >= 0.3 is 6.09 Å². The lowest BCUT2D eigenvalue weighted by atomic mass is 10.0. The summed E-state index contributed by atoms with van der Waals surface area (Å²) in [6, 6.07) is 9.03. The zero-order chi connectivity index (χ0) is 19.7. The van der Waals surface area contributed by atoms with Crippen molar-refractivity contribution < 1.29 is 23.2 Å². The highest BCUT2D eigenvalue weighted by atomic mass is 35.5. The zero-order valence-corrected chi connectivity index (χ0v) is 15.2. The fourth-order valence-corrected chi connectivity index (χ4v) is 3.20. The molecular weight excluding hydrogens is 378 g/mol. The first-order valence-corrected chi connectivity index (χ1v) is 8.37. The maximum absolute atomic E-state index is 14.3. The van der Waals surface area contributed by atoms with Crippen LogP contribution in [-0.4, -0.2) is 16.4 Å². The van der Waals surface area contributed by atoms with Crippen molar-refractivity contribution in [3.63, 3.8) is 0 Å². The summed E-state index contributed by atoms with van der Waals surface area (Å²) in [6.45, 7) is 3.19. The van der Waals surface area contributed by atoms with E-state index in [-0.39, 0.29) is 22.7 Å². The van der Waals surface area contributed by atoms with E-state index in [0.29, 0.717) is 16.7 Å². The van der Waals surface area contributed by atoms with Gasteiger partial charge in [-0.3, -0.25) is 4.90 Å². The van der Waals surface area contributed by atoms with Crippen LogP contribution in [0.15, 0.2) is 47.0 Å². The summed E-state index contributed by atoms with van der Waals surface area (Å²) in [6.07, 6.45) is -1.29. The molecule has 3 aromatic rings. The van der Waals surface area contributed by atoms with Crippen LogP contribution in [-0.2, 0) is 0 Å². The van der Waals surface area contributed by atoms with Gasteiger partial charge in [0.1, 0.15) is 23.0 Å². The van der Waals surface area contributed by atoms with Gasteiger partial charge in [0.05, 0.1) is 11.6 Å². The number of rotatable bonds is 4. The first-order chi connectivity index (χ1) is 12.8. The van der Waals surface area contributed by atoms with Crippen molar-refractivity contribution in [3.8, 4) is 11.3 Å². The summed E-state index contributed by atoms with van der Waals surface area (Å²) >= 11 is 6.21. The van der Waals surface area contributed by atoms with Gasteiger partial charge in [0.25, 0.3) is 0 Å². The monoisotopic (exact) mass is 392 g/mol. The number of hydrogen-bond acceptors (Lipinski definition) is 3. The minimum atomic E-state index is -1.29. The second kappa shape index (κ2) is 7.36. The topological polar surface area (TPSA) is 66.6 Å². The second-order valence-corrected chi connectivity index (χ2v) is 6.33. The molecule has 5 nitrogen and oxygen atoms in total. The van der Waals surface area contributed by atoms with E-state index in [9.17, 15) is 18.7 Å². The third-order valence-corrected chi connectivity index (χ3v) is 4.54. The molecule has 1 amide bonds. The van der Waals surface area contributed by atoms with Gasteiger partial charge in [0.2, 0.25) is 0 Å². The van der Waals surface area contributed by atoms with Crippen LogP contribution in [0, 0.1) is 18.6 Å². The van der Waals surface area contributed by atoms with E-state index >= 15 is 0 Å². The molecule has 0 saturated heterocycles. The van der Waals surface area contributed by atoms with Crippen molar-refractivity contribution >= 4 is 23.4 Å². The van der Waals surface area contributed by atoms with Gasteiger partial charge in [-0.05, 0) is 37.6 Å². The van der Waals surface area contributed by atoms with Crippen LogP contribution in [0.25, 0.3) is 11.3 Å². The molecule has 0 radical (unpaired) electrons.